The summed E-state index contributed by atoms with van der Waals surface area (Å²) in [5, 5.41) is 1.09. The molecule has 0 radical (unpaired) electrons. The number of hydrogen-bond donors (Lipinski definition) is 1. The molecule has 4 nitrogen and oxygen atoms in total. The molecule has 3 rings (SSSR count). The third-order valence-corrected chi connectivity index (χ3v) is 5.36. The van der Waals surface area contributed by atoms with E-state index in [0.29, 0.717) is 6.61 Å². The molecule has 0 saturated heterocycles. The molecule has 0 aliphatic rings. The van der Waals surface area contributed by atoms with Crippen LogP contribution in [0.4, 0.5) is 0 Å². The summed E-state index contributed by atoms with van der Waals surface area (Å²) < 4.78 is 12.1. The summed E-state index contributed by atoms with van der Waals surface area (Å²) in [5.74, 6) is 3.92. The summed E-state index contributed by atoms with van der Waals surface area (Å²) >= 11 is 1.87. The number of hydrogen-bond acceptors (Lipinski definition) is 5. The Hall–Kier alpha value is -1.98. The number of pyridine rings is 1. The van der Waals surface area contributed by atoms with Crippen molar-refractivity contribution < 1.29 is 9.15 Å². The summed E-state index contributed by atoms with van der Waals surface area (Å²) in [6, 6.07) is 9.94. The lowest BCUT2D eigenvalue weighted by atomic mass is 10.1. The van der Waals surface area contributed by atoms with Crippen molar-refractivity contribution in [2.75, 3.05) is 12.4 Å². The number of furan rings is 1. The second kappa shape index (κ2) is 9.10. The van der Waals surface area contributed by atoms with Gasteiger partial charge in [-0.15, -0.1) is 0 Å². The van der Waals surface area contributed by atoms with E-state index in [-0.39, 0.29) is 6.04 Å². The Labute approximate surface area is 159 Å². The summed E-state index contributed by atoms with van der Waals surface area (Å²) in [7, 11) is 0. The summed E-state index contributed by atoms with van der Waals surface area (Å²) in [4.78, 5) is 4.13. The Morgan fingerprint density at radius 3 is 2.92 bits per heavy atom. The van der Waals surface area contributed by atoms with Crippen molar-refractivity contribution in [1.29, 1.82) is 0 Å². The van der Waals surface area contributed by atoms with Crippen molar-refractivity contribution in [3.63, 3.8) is 0 Å². The minimum Gasteiger partial charge on any atom is -0.493 e. The molecule has 0 aliphatic heterocycles. The molecule has 1 unspecified atom stereocenters. The first-order valence-corrected chi connectivity index (χ1v) is 10.2. The fraction of sp³-hybridized carbons (Fsp3) is 0.381. The van der Waals surface area contributed by atoms with Crippen LogP contribution in [0, 0.1) is 6.92 Å². The zero-order valence-electron chi connectivity index (χ0n) is 15.4. The first kappa shape index (κ1) is 18.8. The fourth-order valence-electron chi connectivity index (χ4n) is 3.01. The molecule has 2 N–H and O–H groups in total. The quantitative estimate of drug-likeness (QED) is 0.521. The van der Waals surface area contributed by atoms with Gasteiger partial charge in [0.25, 0.3) is 0 Å². The smallest absolute Gasteiger partial charge is 0.138 e. The average Bonchev–Trinajstić information content (AvgIpc) is 3.00. The molecule has 26 heavy (non-hydrogen) atoms. The molecule has 1 atom stereocenters. The Kier molecular flexibility index (Phi) is 6.58. The number of aromatic nitrogens is 1. The summed E-state index contributed by atoms with van der Waals surface area (Å²) in [6.45, 7) is 4.91. The molecule has 5 heteroatoms. The van der Waals surface area contributed by atoms with Crippen molar-refractivity contribution >= 4 is 22.7 Å². The molecular formula is C21H26N2O2S. The molecule has 0 bridgehead atoms. The molecule has 0 fully saturated rings. The zero-order valence-corrected chi connectivity index (χ0v) is 16.2. The molecule has 3 aromatic rings. The second-order valence-electron chi connectivity index (χ2n) is 6.30. The zero-order chi connectivity index (χ0) is 18.4. The highest BCUT2D eigenvalue weighted by atomic mass is 32.2. The van der Waals surface area contributed by atoms with Gasteiger partial charge in [-0.3, -0.25) is 4.98 Å². The largest absolute Gasteiger partial charge is 0.493 e. The maximum atomic E-state index is 6.23. The van der Waals surface area contributed by atoms with Crippen molar-refractivity contribution in [2.45, 2.75) is 38.5 Å². The van der Waals surface area contributed by atoms with Crippen LogP contribution in [-0.4, -0.2) is 17.3 Å². The second-order valence-corrected chi connectivity index (χ2v) is 7.57. The van der Waals surface area contributed by atoms with Crippen LogP contribution in [0.5, 0.6) is 5.75 Å². The molecule has 0 amide bonds. The van der Waals surface area contributed by atoms with Crippen LogP contribution in [0.25, 0.3) is 11.0 Å². The van der Waals surface area contributed by atoms with Crippen molar-refractivity contribution in [2.24, 2.45) is 5.73 Å². The Morgan fingerprint density at radius 2 is 2.15 bits per heavy atom. The lowest BCUT2D eigenvalue weighted by Gasteiger charge is -2.12. The third-order valence-electron chi connectivity index (χ3n) is 4.48. The number of nitrogens with two attached hydrogens (primary N) is 1. The van der Waals surface area contributed by atoms with E-state index in [0.717, 1.165) is 52.4 Å². The average molecular weight is 371 g/mol. The molecule has 0 spiro atoms. The number of benzene rings is 1. The van der Waals surface area contributed by atoms with Gasteiger partial charge < -0.3 is 14.9 Å². The number of fused-ring (bicyclic) bond motifs is 1. The molecule has 0 saturated carbocycles. The predicted octanol–water partition coefficient (Wildman–Crippen LogP) is 5.25. The van der Waals surface area contributed by atoms with Gasteiger partial charge in [0.1, 0.15) is 17.1 Å². The van der Waals surface area contributed by atoms with Gasteiger partial charge >= 0.3 is 0 Å². The number of aryl methyl sites for hydroxylation is 1. The summed E-state index contributed by atoms with van der Waals surface area (Å²) in [6.07, 6.45) is 5.35. The van der Waals surface area contributed by atoms with Gasteiger partial charge in [0, 0.05) is 24.0 Å². The van der Waals surface area contributed by atoms with Crippen LogP contribution in [0.2, 0.25) is 0 Å². The van der Waals surface area contributed by atoms with Crippen LogP contribution in [0.15, 0.2) is 47.1 Å². The lowest BCUT2D eigenvalue weighted by molar-refractivity contribution is 0.305. The van der Waals surface area contributed by atoms with Gasteiger partial charge in [-0.25, -0.2) is 0 Å². The molecule has 2 heterocycles. The van der Waals surface area contributed by atoms with Gasteiger partial charge in [0.05, 0.1) is 17.7 Å². The highest BCUT2D eigenvalue weighted by molar-refractivity contribution is 7.98. The van der Waals surface area contributed by atoms with Crippen LogP contribution in [-0.2, 0) is 5.75 Å². The number of rotatable bonds is 9. The highest BCUT2D eigenvalue weighted by Crippen LogP contribution is 2.34. The van der Waals surface area contributed by atoms with E-state index in [1.165, 1.54) is 5.56 Å². The molecule has 138 valence electrons. The SMILES string of the molecule is CCSCc1oc2cccc(OCCCC(N)c3cccnc3)c2c1C. The van der Waals surface area contributed by atoms with Crippen molar-refractivity contribution in [1.82, 2.24) is 4.98 Å². The van der Waals surface area contributed by atoms with Crippen LogP contribution < -0.4 is 10.5 Å². The Morgan fingerprint density at radius 1 is 1.27 bits per heavy atom. The molecule has 2 aromatic heterocycles. The van der Waals surface area contributed by atoms with Gasteiger partial charge in [0.15, 0.2) is 0 Å². The van der Waals surface area contributed by atoms with E-state index in [2.05, 4.69) is 18.8 Å². The third kappa shape index (κ3) is 4.40. The maximum absolute atomic E-state index is 6.23. The minimum atomic E-state index is -0.00331. The Bertz CT molecular complexity index is 833. The lowest BCUT2D eigenvalue weighted by Crippen LogP contribution is -2.12. The number of nitrogens with zero attached hydrogens (tertiary/aromatic N) is 1. The van der Waals surface area contributed by atoms with E-state index >= 15 is 0 Å². The normalized spacial score (nSPS) is 12.4. The van der Waals surface area contributed by atoms with Gasteiger partial charge in [0.2, 0.25) is 0 Å². The van der Waals surface area contributed by atoms with E-state index in [9.17, 15) is 0 Å². The highest BCUT2D eigenvalue weighted by Gasteiger charge is 2.14. The summed E-state index contributed by atoms with van der Waals surface area (Å²) in [5.41, 5.74) is 9.38. The van der Waals surface area contributed by atoms with Gasteiger partial charge in [-0.1, -0.05) is 19.1 Å². The van der Waals surface area contributed by atoms with Gasteiger partial charge in [-0.05, 0) is 49.3 Å². The van der Waals surface area contributed by atoms with Crippen LogP contribution >= 0.6 is 11.8 Å². The number of ether oxygens (including phenoxy) is 1. The van der Waals surface area contributed by atoms with Crippen molar-refractivity contribution in [3.8, 4) is 5.75 Å². The monoisotopic (exact) mass is 370 g/mol. The van der Waals surface area contributed by atoms with Crippen LogP contribution in [0.1, 0.15) is 42.7 Å². The fourth-order valence-corrected chi connectivity index (χ4v) is 3.68. The number of thioether (sulfide) groups is 1. The molecule has 0 aliphatic carbocycles. The van der Waals surface area contributed by atoms with E-state index < -0.39 is 0 Å². The maximum Gasteiger partial charge on any atom is 0.138 e. The van der Waals surface area contributed by atoms with E-state index in [4.69, 9.17) is 14.9 Å². The standard InChI is InChI=1S/C21H26N2O2S/c1-3-26-14-20-15(2)21-18(9-4-10-19(21)25-20)24-12-6-8-17(22)16-7-5-11-23-13-16/h4-5,7,9-11,13,17H,3,6,8,12,14,22H2,1-2H3. The van der Waals surface area contributed by atoms with E-state index in [1.807, 2.05) is 48.3 Å². The predicted molar refractivity (Wildman–Crippen MR) is 109 cm³/mol. The Balaban J connectivity index is 1.61. The minimum absolute atomic E-state index is 0.00331. The topological polar surface area (TPSA) is 61.3 Å². The first-order valence-electron chi connectivity index (χ1n) is 9.07. The van der Waals surface area contributed by atoms with E-state index in [1.54, 1.807) is 6.20 Å². The van der Waals surface area contributed by atoms with Gasteiger partial charge in [-0.2, -0.15) is 11.8 Å². The molecular weight excluding hydrogens is 344 g/mol. The molecule has 1 aromatic carbocycles. The van der Waals surface area contributed by atoms with Crippen LogP contribution in [0.3, 0.4) is 0 Å². The first-order chi connectivity index (χ1) is 12.7. The van der Waals surface area contributed by atoms with Crippen molar-refractivity contribution in [3.05, 3.63) is 59.6 Å².